The molecule has 98 valence electrons. The minimum Gasteiger partial charge on any atom is -0.481 e. The van der Waals surface area contributed by atoms with Crippen LogP contribution >= 0.6 is 15.9 Å². The van der Waals surface area contributed by atoms with Gasteiger partial charge in [0, 0.05) is 4.47 Å². The van der Waals surface area contributed by atoms with Crippen molar-refractivity contribution in [3.05, 3.63) is 58.3 Å². The number of halogens is 2. The van der Waals surface area contributed by atoms with Crippen molar-refractivity contribution in [1.82, 2.24) is 0 Å². The summed E-state index contributed by atoms with van der Waals surface area (Å²) in [5.41, 5.74) is 2.53. The second-order valence-electron chi connectivity index (χ2n) is 4.31. The predicted octanol–water partition coefficient (Wildman–Crippen LogP) is 4.44. The van der Waals surface area contributed by atoms with Crippen LogP contribution in [0.2, 0.25) is 0 Å². The number of carboxylic acids is 1. The van der Waals surface area contributed by atoms with E-state index in [1.807, 2.05) is 12.1 Å². The third-order valence-corrected chi connectivity index (χ3v) is 3.68. The topological polar surface area (TPSA) is 37.3 Å². The smallest absolute Gasteiger partial charge is 0.310 e. The Hall–Kier alpha value is -1.68. The van der Waals surface area contributed by atoms with Gasteiger partial charge >= 0.3 is 5.97 Å². The van der Waals surface area contributed by atoms with Crippen molar-refractivity contribution < 1.29 is 14.3 Å². The van der Waals surface area contributed by atoms with Crippen molar-refractivity contribution in [2.45, 2.75) is 12.8 Å². The number of benzene rings is 2. The Kier molecular flexibility index (Phi) is 4.00. The van der Waals surface area contributed by atoms with Crippen LogP contribution in [0.15, 0.2) is 46.9 Å². The molecule has 0 bridgehead atoms. The zero-order chi connectivity index (χ0) is 14.0. The lowest BCUT2D eigenvalue weighted by molar-refractivity contribution is -0.138. The van der Waals surface area contributed by atoms with Crippen LogP contribution in [0.3, 0.4) is 0 Å². The predicted molar refractivity (Wildman–Crippen MR) is 75.6 cm³/mol. The van der Waals surface area contributed by atoms with Crippen LogP contribution in [0.4, 0.5) is 4.39 Å². The molecule has 0 saturated carbocycles. The molecular weight excluding hydrogens is 311 g/mol. The SMILES string of the molecule is CC(C(=O)O)c1ccc(-c2ccc(F)cc2Br)cc1. The molecule has 19 heavy (non-hydrogen) atoms. The lowest BCUT2D eigenvalue weighted by Gasteiger charge is -2.09. The molecule has 0 radical (unpaired) electrons. The monoisotopic (exact) mass is 322 g/mol. The fourth-order valence-electron chi connectivity index (χ4n) is 1.82. The molecule has 4 heteroatoms. The Morgan fingerprint density at radius 3 is 2.37 bits per heavy atom. The molecule has 0 aliphatic carbocycles. The minimum absolute atomic E-state index is 0.299. The van der Waals surface area contributed by atoms with Crippen molar-refractivity contribution >= 4 is 21.9 Å². The summed E-state index contributed by atoms with van der Waals surface area (Å²) in [6.07, 6.45) is 0. The first kappa shape index (κ1) is 13.7. The summed E-state index contributed by atoms with van der Waals surface area (Å²) >= 11 is 3.32. The van der Waals surface area contributed by atoms with Crippen LogP contribution in [-0.2, 0) is 4.79 Å². The molecule has 1 atom stereocenters. The van der Waals surface area contributed by atoms with Gasteiger partial charge in [-0.1, -0.05) is 46.3 Å². The summed E-state index contributed by atoms with van der Waals surface area (Å²) in [6.45, 7) is 1.64. The maximum atomic E-state index is 13.0. The number of carboxylic acid groups (broad SMARTS) is 1. The van der Waals surface area contributed by atoms with Gasteiger partial charge in [-0.3, -0.25) is 4.79 Å². The van der Waals surface area contributed by atoms with Gasteiger partial charge in [0.1, 0.15) is 5.82 Å². The molecular formula is C15H12BrFO2. The molecule has 1 N–H and O–H groups in total. The van der Waals surface area contributed by atoms with Gasteiger partial charge < -0.3 is 5.11 Å². The number of carbonyl (C=O) groups is 1. The van der Waals surface area contributed by atoms with E-state index in [9.17, 15) is 9.18 Å². The third-order valence-electron chi connectivity index (χ3n) is 3.02. The Morgan fingerprint density at radius 1 is 1.21 bits per heavy atom. The Bertz CT molecular complexity index is 608. The second-order valence-corrected chi connectivity index (χ2v) is 5.16. The normalized spacial score (nSPS) is 12.2. The highest BCUT2D eigenvalue weighted by atomic mass is 79.9. The molecule has 0 fully saturated rings. The summed E-state index contributed by atoms with van der Waals surface area (Å²) < 4.78 is 13.7. The average molecular weight is 323 g/mol. The van der Waals surface area contributed by atoms with Crippen LogP contribution in [0.5, 0.6) is 0 Å². The first-order chi connectivity index (χ1) is 8.99. The molecule has 2 aromatic rings. The van der Waals surface area contributed by atoms with Gasteiger partial charge in [0.15, 0.2) is 0 Å². The standard InChI is InChI=1S/C15H12BrFO2/c1-9(15(18)19)10-2-4-11(5-3-10)13-7-6-12(17)8-14(13)16/h2-9H,1H3,(H,18,19). The molecule has 0 heterocycles. The second kappa shape index (κ2) is 5.53. The van der Waals surface area contributed by atoms with E-state index in [-0.39, 0.29) is 5.82 Å². The zero-order valence-electron chi connectivity index (χ0n) is 10.2. The first-order valence-corrected chi connectivity index (χ1v) is 6.56. The van der Waals surface area contributed by atoms with E-state index in [1.165, 1.54) is 12.1 Å². The molecule has 0 saturated heterocycles. The number of aliphatic carboxylic acids is 1. The summed E-state index contributed by atoms with van der Waals surface area (Å²) in [5.74, 6) is -1.69. The molecule has 1 unspecified atom stereocenters. The fraction of sp³-hybridized carbons (Fsp3) is 0.133. The molecule has 0 aromatic heterocycles. The minimum atomic E-state index is -0.851. The quantitative estimate of drug-likeness (QED) is 0.906. The van der Waals surface area contributed by atoms with Gasteiger partial charge in [-0.25, -0.2) is 4.39 Å². The highest BCUT2D eigenvalue weighted by molar-refractivity contribution is 9.10. The van der Waals surface area contributed by atoms with Crippen LogP contribution in [0, 0.1) is 5.82 Å². The van der Waals surface area contributed by atoms with Crippen molar-refractivity contribution in [2.75, 3.05) is 0 Å². The molecule has 0 aliphatic rings. The zero-order valence-corrected chi connectivity index (χ0v) is 11.8. The Labute approximate surface area is 119 Å². The molecule has 0 aliphatic heterocycles. The fourth-order valence-corrected chi connectivity index (χ4v) is 2.40. The van der Waals surface area contributed by atoms with Crippen LogP contribution in [-0.4, -0.2) is 11.1 Å². The van der Waals surface area contributed by atoms with E-state index in [1.54, 1.807) is 25.1 Å². The number of rotatable bonds is 3. The van der Waals surface area contributed by atoms with E-state index in [4.69, 9.17) is 5.11 Å². The Morgan fingerprint density at radius 2 is 1.84 bits per heavy atom. The first-order valence-electron chi connectivity index (χ1n) is 5.77. The van der Waals surface area contributed by atoms with Crippen molar-refractivity contribution in [3.8, 4) is 11.1 Å². The van der Waals surface area contributed by atoms with Gasteiger partial charge in [-0.2, -0.15) is 0 Å². The van der Waals surface area contributed by atoms with E-state index in [2.05, 4.69) is 15.9 Å². The van der Waals surface area contributed by atoms with E-state index in [0.29, 0.717) is 4.47 Å². The molecule has 2 aromatic carbocycles. The Balaban J connectivity index is 2.35. The van der Waals surface area contributed by atoms with Crippen LogP contribution < -0.4 is 0 Å². The lowest BCUT2D eigenvalue weighted by atomic mass is 9.98. The molecule has 0 spiro atoms. The molecule has 2 nitrogen and oxygen atoms in total. The van der Waals surface area contributed by atoms with Gasteiger partial charge in [0.05, 0.1) is 5.92 Å². The van der Waals surface area contributed by atoms with Gasteiger partial charge in [-0.15, -0.1) is 0 Å². The van der Waals surface area contributed by atoms with Gasteiger partial charge in [-0.05, 0) is 35.7 Å². The van der Waals surface area contributed by atoms with Crippen molar-refractivity contribution in [3.63, 3.8) is 0 Å². The van der Waals surface area contributed by atoms with Crippen molar-refractivity contribution in [2.24, 2.45) is 0 Å². The van der Waals surface area contributed by atoms with E-state index < -0.39 is 11.9 Å². The highest BCUT2D eigenvalue weighted by Crippen LogP contribution is 2.30. The van der Waals surface area contributed by atoms with Crippen LogP contribution in [0.1, 0.15) is 18.4 Å². The lowest BCUT2D eigenvalue weighted by Crippen LogP contribution is -2.06. The van der Waals surface area contributed by atoms with Gasteiger partial charge in [0.2, 0.25) is 0 Å². The average Bonchev–Trinajstić information content (AvgIpc) is 2.38. The maximum absolute atomic E-state index is 13.0. The maximum Gasteiger partial charge on any atom is 0.310 e. The summed E-state index contributed by atoms with van der Waals surface area (Å²) in [5, 5.41) is 8.95. The van der Waals surface area contributed by atoms with E-state index in [0.717, 1.165) is 16.7 Å². The summed E-state index contributed by atoms with van der Waals surface area (Å²) in [6, 6.07) is 11.7. The summed E-state index contributed by atoms with van der Waals surface area (Å²) in [7, 11) is 0. The third kappa shape index (κ3) is 3.01. The largest absolute Gasteiger partial charge is 0.481 e. The van der Waals surface area contributed by atoms with E-state index >= 15 is 0 Å². The molecule has 2 rings (SSSR count). The summed E-state index contributed by atoms with van der Waals surface area (Å²) in [4.78, 5) is 10.9. The number of hydrogen-bond donors (Lipinski definition) is 1. The van der Waals surface area contributed by atoms with Gasteiger partial charge in [0.25, 0.3) is 0 Å². The number of hydrogen-bond acceptors (Lipinski definition) is 1. The highest BCUT2D eigenvalue weighted by Gasteiger charge is 2.13. The van der Waals surface area contributed by atoms with Crippen molar-refractivity contribution in [1.29, 1.82) is 0 Å². The van der Waals surface area contributed by atoms with Crippen LogP contribution in [0.25, 0.3) is 11.1 Å². The molecule has 0 amide bonds.